The predicted molar refractivity (Wildman–Crippen MR) is 81.8 cm³/mol. The second-order valence-corrected chi connectivity index (χ2v) is 6.78. The lowest BCUT2D eigenvalue weighted by Gasteiger charge is -2.42. The van der Waals surface area contributed by atoms with Crippen molar-refractivity contribution in [3.05, 3.63) is 21.8 Å². The van der Waals surface area contributed by atoms with Gasteiger partial charge in [0.05, 0.1) is 11.4 Å². The molecule has 0 unspecified atom stereocenters. The maximum absolute atomic E-state index is 12.4. The van der Waals surface area contributed by atoms with E-state index in [1.165, 1.54) is 0 Å². The molecule has 0 bridgehead atoms. The molecule has 1 fully saturated rings. The van der Waals surface area contributed by atoms with Gasteiger partial charge >= 0.3 is 0 Å². The van der Waals surface area contributed by atoms with E-state index in [4.69, 9.17) is 0 Å². The minimum absolute atomic E-state index is 0.143. The molecule has 1 aromatic rings. The molecule has 0 saturated heterocycles. The first-order chi connectivity index (χ1) is 8.59. The van der Waals surface area contributed by atoms with Crippen molar-refractivity contribution in [1.82, 2.24) is 0 Å². The molecule has 0 atom stereocenters. The number of amides is 1. The van der Waals surface area contributed by atoms with Crippen molar-refractivity contribution in [1.29, 1.82) is 0 Å². The van der Waals surface area contributed by atoms with Crippen LogP contribution in [-0.4, -0.2) is 11.4 Å². The summed E-state index contributed by atoms with van der Waals surface area (Å²) < 4.78 is 1.14. The molecule has 1 spiro atoms. The summed E-state index contributed by atoms with van der Waals surface area (Å²) in [4.78, 5) is 12.4. The maximum atomic E-state index is 12.4. The number of benzene rings is 1. The van der Waals surface area contributed by atoms with E-state index in [0.717, 1.165) is 46.5 Å². The quantitative estimate of drug-likeness (QED) is 0.698. The Bertz CT molecular complexity index is 493. The first-order valence-corrected chi connectivity index (χ1v) is 7.56. The average molecular weight is 356 g/mol. The Kier molecular flexibility index (Phi) is 3.00. The van der Waals surface area contributed by atoms with Gasteiger partial charge in [-0.3, -0.25) is 4.79 Å². The number of fused-ring (bicyclic) bond motifs is 1. The van der Waals surface area contributed by atoms with Crippen LogP contribution in [0, 0.1) is 9.49 Å². The van der Waals surface area contributed by atoms with E-state index < -0.39 is 0 Å². The van der Waals surface area contributed by atoms with Gasteiger partial charge in [-0.05, 0) is 72.4 Å². The molecular weight excluding hydrogens is 339 g/mol. The minimum Gasteiger partial charge on any atom is -0.370 e. The molecule has 1 aliphatic carbocycles. The van der Waals surface area contributed by atoms with E-state index >= 15 is 0 Å². The minimum atomic E-state index is -0.369. The van der Waals surface area contributed by atoms with Crippen LogP contribution < -0.4 is 10.6 Å². The molecule has 18 heavy (non-hydrogen) atoms. The van der Waals surface area contributed by atoms with Crippen molar-refractivity contribution < 1.29 is 4.79 Å². The fourth-order valence-electron chi connectivity index (χ4n) is 2.89. The Labute approximate surface area is 121 Å². The summed E-state index contributed by atoms with van der Waals surface area (Å²) >= 11 is 2.26. The van der Waals surface area contributed by atoms with Crippen molar-refractivity contribution in [3.63, 3.8) is 0 Å². The van der Waals surface area contributed by atoms with E-state index in [-0.39, 0.29) is 11.4 Å². The summed E-state index contributed by atoms with van der Waals surface area (Å²) in [5, 5.41) is 6.56. The average Bonchev–Trinajstić information content (AvgIpc) is 2.35. The molecule has 3 nitrogen and oxygen atoms in total. The monoisotopic (exact) mass is 356 g/mol. The van der Waals surface area contributed by atoms with Crippen LogP contribution in [0.15, 0.2) is 18.2 Å². The van der Waals surface area contributed by atoms with Crippen LogP contribution in [0.4, 0.5) is 11.4 Å². The number of carbonyl (C=O) groups is 1. The zero-order valence-electron chi connectivity index (χ0n) is 10.4. The van der Waals surface area contributed by atoms with Crippen molar-refractivity contribution in [3.8, 4) is 0 Å². The summed E-state index contributed by atoms with van der Waals surface area (Å²) in [5.41, 5.74) is 1.60. The number of halogens is 1. The van der Waals surface area contributed by atoms with Gasteiger partial charge in [-0.1, -0.05) is 6.92 Å². The second-order valence-electron chi connectivity index (χ2n) is 5.53. The molecule has 2 aliphatic rings. The second kappa shape index (κ2) is 4.40. The summed E-state index contributed by atoms with van der Waals surface area (Å²) in [6, 6.07) is 6.15. The van der Waals surface area contributed by atoms with Crippen LogP contribution in [-0.2, 0) is 4.79 Å². The van der Waals surface area contributed by atoms with Gasteiger partial charge in [0.15, 0.2) is 0 Å². The topological polar surface area (TPSA) is 41.1 Å². The summed E-state index contributed by atoms with van der Waals surface area (Å²) in [6.45, 7) is 2.27. The van der Waals surface area contributed by atoms with Crippen LogP contribution in [0.5, 0.6) is 0 Å². The van der Waals surface area contributed by atoms with Gasteiger partial charge in [0.1, 0.15) is 5.54 Å². The molecule has 1 aromatic carbocycles. The number of carbonyl (C=O) groups excluding carboxylic acids is 1. The predicted octanol–water partition coefficient (Wildman–Crippen LogP) is 3.60. The largest absolute Gasteiger partial charge is 0.370 e. The summed E-state index contributed by atoms with van der Waals surface area (Å²) in [6.07, 6.45) is 4.12. The molecule has 96 valence electrons. The van der Waals surface area contributed by atoms with Gasteiger partial charge in [0.2, 0.25) is 5.91 Å². The number of hydrogen-bond acceptors (Lipinski definition) is 2. The fourth-order valence-corrected chi connectivity index (χ4v) is 3.38. The third kappa shape index (κ3) is 2.00. The lowest BCUT2D eigenvalue weighted by atomic mass is 9.75. The Morgan fingerprint density at radius 3 is 2.72 bits per heavy atom. The molecular formula is C14H17IN2O. The molecule has 3 rings (SSSR count). The Morgan fingerprint density at radius 1 is 1.28 bits per heavy atom. The molecule has 4 heteroatoms. The van der Waals surface area contributed by atoms with Crippen LogP contribution in [0.1, 0.15) is 32.6 Å². The van der Waals surface area contributed by atoms with Gasteiger partial charge in [0, 0.05) is 3.57 Å². The highest BCUT2D eigenvalue weighted by atomic mass is 127. The third-order valence-corrected chi connectivity index (χ3v) is 4.84. The zero-order chi connectivity index (χ0) is 12.8. The Hall–Kier alpha value is -0.780. The first kappa shape index (κ1) is 12.3. The number of nitrogens with one attached hydrogen (secondary N) is 2. The highest BCUT2D eigenvalue weighted by molar-refractivity contribution is 14.1. The van der Waals surface area contributed by atoms with Gasteiger partial charge < -0.3 is 10.6 Å². The fraction of sp³-hybridized carbons (Fsp3) is 0.500. The summed E-state index contributed by atoms with van der Waals surface area (Å²) in [5.74, 6) is 0.882. The molecule has 1 heterocycles. The van der Waals surface area contributed by atoms with Crippen molar-refractivity contribution in [2.75, 3.05) is 10.6 Å². The molecule has 2 N–H and O–H groups in total. The molecule has 1 aliphatic heterocycles. The Balaban J connectivity index is 1.92. The number of hydrogen-bond donors (Lipinski definition) is 2. The third-order valence-electron chi connectivity index (χ3n) is 4.17. The van der Waals surface area contributed by atoms with Crippen molar-refractivity contribution in [2.45, 2.75) is 38.1 Å². The van der Waals surface area contributed by atoms with Gasteiger partial charge in [-0.2, -0.15) is 0 Å². The highest BCUT2D eigenvalue weighted by Gasteiger charge is 2.43. The zero-order valence-corrected chi connectivity index (χ0v) is 12.6. The van der Waals surface area contributed by atoms with Gasteiger partial charge in [-0.15, -0.1) is 0 Å². The molecule has 0 radical (unpaired) electrons. The highest BCUT2D eigenvalue weighted by Crippen LogP contribution is 2.40. The van der Waals surface area contributed by atoms with Crippen LogP contribution in [0.2, 0.25) is 0 Å². The van der Waals surface area contributed by atoms with Gasteiger partial charge in [0.25, 0.3) is 0 Å². The SMILES string of the molecule is CC1CCC2(CC1)Nc1ccc(I)cc1NC2=O. The van der Waals surface area contributed by atoms with Crippen molar-refractivity contribution >= 4 is 39.9 Å². The summed E-state index contributed by atoms with van der Waals surface area (Å²) in [7, 11) is 0. The molecule has 1 amide bonds. The van der Waals surface area contributed by atoms with Gasteiger partial charge in [-0.25, -0.2) is 0 Å². The maximum Gasteiger partial charge on any atom is 0.250 e. The standard InChI is InChI=1S/C14H17IN2O/c1-9-4-6-14(7-5-9)13(18)16-12-8-10(15)2-3-11(12)17-14/h2-3,8-9,17H,4-7H2,1H3,(H,16,18). The smallest absolute Gasteiger partial charge is 0.250 e. The lowest BCUT2D eigenvalue weighted by Crippen LogP contribution is -2.54. The van der Waals surface area contributed by atoms with Crippen LogP contribution in [0.25, 0.3) is 0 Å². The van der Waals surface area contributed by atoms with E-state index in [2.05, 4.69) is 52.3 Å². The van der Waals surface area contributed by atoms with Crippen LogP contribution >= 0.6 is 22.6 Å². The van der Waals surface area contributed by atoms with E-state index in [1.807, 2.05) is 6.07 Å². The molecule has 1 saturated carbocycles. The lowest BCUT2D eigenvalue weighted by molar-refractivity contribution is -0.121. The molecule has 0 aromatic heterocycles. The van der Waals surface area contributed by atoms with Crippen LogP contribution in [0.3, 0.4) is 0 Å². The number of anilines is 2. The number of rotatable bonds is 0. The van der Waals surface area contributed by atoms with E-state index in [0.29, 0.717) is 0 Å². The van der Waals surface area contributed by atoms with Crippen molar-refractivity contribution in [2.24, 2.45) is 5.92 Å². The first-order valence-electron chi connectivity index (χ1n) is 6.48. The Morgan fingerprint density at radius 2 is 2.00 bits per heavy atom. The normalized spacial score (nSPS) is 30.6. The van der Waals surface area contributed by atoms with E-state index in [1.54, 1.807) is 0 Å². The van der Waals surface area contributed by atoms with E-state index in [9.17, 15) is 4.79 Å².